The van der Waals surface area contributed by atoms with Crippen LogP contribution in [0.15, 0.2) is 10.1 Å². The Kier molecular flexibility index (Phi) is 4.47. The van der Waals surface area contributed by atoms with Crippen LogP contribution in [0, 0.1) is 0 Å². The molecule has 0 bridgehead atoms. The molecular formula is C10H16N4O3S. The van der Waals surface area contributed by atoms with Crippen molar-refractivity contribution in [1.29, 1.82) is 0 Å². The minimum absolute atomic E-state index is 0.0155. The molecule has 2 rings (SSSR count). The second kappa shape index (κ2) is 5.90. The van der Waals surface area contributed by atoms with Crippen molar-refractivity contribution in [3.05, 3.63) is 10.4 Å². The zero-order chi connectivity index (χ0) is 13.1. The molecule has 2 unspecified atom stereocenters. The monoisotopic (exact) mass is 272 g/mol. The van der Waals surface area contributed by atoms with Crippen LogP contribution < -0.4 is 0 Å². The van der Waals surface area contributed by atoms with Gasteiger partial charge in [-0.1, -0.05) is 30.2 Å². The molecule has 0 aromatic carbocycles. The SMILES string of the molecule is CCCC1=NC2C(O[C@H](CN=[N+]=[N-])[C@@H](O)[C@@H]2O)S1. The Bertz CT molecular complexity index is 385. The van der Waals surface area contributed by atoms with E-state index in [1.807, 2.05) is 0 Å². The van der Waals surface area contributed by atoms with Gasteiger partial charge in [-0.2, -0.15) is 0 Å². The van der Waals surface area contributed by atoms with E-state index in [1.165, 1.54) is 11.8 Å². The minimum Gasteiger partial charge on any atom is -0.388 e. The van der Waals surface area contributed by atoms with Crippen LogP contribution in [0.2, 0.25) is 0 Å². The van der Waals surface area contributed by atoms with Crippen LogP contribution in [0.3, 0.4) is 0 Å². The lowest BCUT2D eigenvalue weighted by Crippen LogP contribution is -2.55. The predicted octanol–water partition coefficient (Wildman–Crippen LogP) is 1.06. The van der Waals surface area contributed by atoms with Gasteiger partial charge in [0.25, 0.3) is 0 Å². The van der Waals surface area contributed by atoms with Crippen LogP contribution in [0.1, 0.15) is 19.8 Å². The van der Waals surface area contributed by atoms with Gasteiger partial charge in [-0.05, 0) is 12.0 Å². The first-order valence-corrected chi connectivity index (χ1v) is 6.81. The van der Waals surface area contributed by atoms with Gasteiger partial charge in [0.1, 0.15) is 23.7 Å². The molecule has 8 heteroatoms. The van der Waals surface area contributed by atoms with Crippen LogP contribution in [0.5, 0.6) is 0 Å². The first-order chi connectivity index (χ1) is 8.67. The van der Waals surface area contributed by atoms with Crippen LogP contribution >= 0.6 is 11.8 Å². The van der Waals surface area contributed by atoms with Gasteiger partial charge in [0.05, 0.1) is 17.7 Å². The third-order valence-electron chi connectivity index (χ3n) is 3.00. The number of aliphatic hydroxyl groups is 2. The van der Waals surface area contributed by atoms with E-state index in [1.54, 1.807) is 0 Å². The molecule has 0 saturated carbocycles. The topological polar surface area (TPSA) is 111 Å². The number of rotatable bonds is 4. The third kappa shape index (κ3) is 2.62. The molecule has 2 heterocycles. The first kappa shape index (κ1) is 13.6. The second-order valence-corrected chi connectivity index (χ2v) is 5.49. The molecule has 0 amide bonds. The third-order valence-corrected chi connectivity index (χ3v) is 4.21. The highest BCUT2D eigenvalue weighted by Crippen LogP contribution is 2.37. The predicted molar refractivity (Wildman–Crippen MR) is 68.4 cm³/mol. The van der Waals surface area contributed by atoms with Gasteiger partial charge in [-0.3, -0.25) is 4.99 Å². The molecule has 18 heavy (non-hydrogen) atoms. The standard InChI is InChI=1S/C10H16N4O3S/c1-2-3-6-13-7-9(16)8(15)5(4-12-14-11)17-10(7)18-6/h5,7-10,15-16H,2-4H2,1H3/t5-,7?,8-,9-,10?/m1/s1. The highest BCUT2D eigenvalue weighted by atomic mass is 32.2. The minimum atomic E-state index is -1.07. The molecule has 2 N–H and O–H groups in total. The quantitative estimate of drug-likeness (QED) is 0.452. The number of aliphatic imine (C=N–C) groups is 1. The summed E-state index contributed by atoms with van der Waals surface area (Å²) in [5.41, 5.74) is 7.99. The van der Waals surface area contributed by atoms with Crippen LogP contribution in [-0.4, -0.2) is 51.6 Å². The van der Waals surface area contributed by atoms with Crippen molar-refractivity contribution < 1.29 is 14.9 Å². The summed E-state index contributed by atoms with van der Waals surface area (Å²) in [6.45, 7) is 2.07. The fourth-order valence-electron chi connectivity index (χ4n) is 2.09. The summed E-state index contributed by atoms with van der Waals surface area (Å²) in [7, 11) is 0. The molecule has 0 spiro atoms. The second-order valence-electron chi connectivity index (χ2n) is 4.32. The summed E-state index contributed by atoms with van der Waals surface area (Å²) in [4.78, 5) is 7.02. The van der Waals surface area contributed by atoms with Gasteiger partial charge < -0.3 is 14.9 Å². The highest BCUT2D eigenvalue weighted by molar-refractivity contribution is 8.14. The molecule has 100 valence electrons. The summed E-state index contributed by atoms with van der Waals surface area (Å²) in [6, 6.07) is -0.422. The maximum atomic E-state index is 10.0. The van der Waals surface area contributed by atoms with Crippen molar-refractivity contribution >= 4 is 16.8 Å². The number of aliphatic hydroxyl groups excluding tert-OH is 2. The Labute approximate surface area is 109 Å². The fraction of sp³-hybridized carbons (Fsp3) is 0.900. The molecular weight excluding hydrogens is 256 g/mol. The van der Waals surface area contributed by atoms with E-state index in [9.17, 15) is 10.2 Å². The van der Waals surface area contributed by atoms with E-state index in [0.29, 0.717) is 0 Å². The number of hydrogen-bond acceptors (Lipinski definition) is 6. The molecule has 0 radical (unpaired) electrons. The van der Waals surface area contributed by atoms with Crippen molar-refractivity contribution in [3.63, 3.8) is 0 Å². The average molecular weight is 272 g/mol. The lowest BCUT2D eigenvalue weighted by Gasteiger charge is -2.37. The van der Waals surface area contributed by atoms with Gasteiger partial charge in [0, 0.05) is 4.91 Å². The zero-order valence-corrected chi connectivity index (χ0v) is 10.8. The summed E-state index contributed by atoms with van der Waals surface area (Å²) in [5, 5.41) is 24.2. The Morgan fingerprint density at radius 2 is 2.28 bits per heavy atom. The van der Waals surface area contributed by atoms with Crippen molar-refractivity contribution in [1.82, 2.24) is 0 Å². The molecule has 2 aliphatic rings. The molecule has 0 aromatic rings. The maximum Gasteiger partial charge on any atom is 0.134 e. The number of hydrogen-bond donors (Lipinski definition) is 2. The first-order valence-electron chi connectivity index (χ1n) is 5.93. The smallest absolute Gasteiger partial charge is 0.134 e. The van der Waals surface area contributed by atoms with E-state index in [2.05, 4.69) is 21.9 Å². The Morgan fingerprint density at radius 1 is 1.50 bits per heavy atom. The van der Waals surface area contributed by atoms with E-state index in [-0.39, 0.29) is 12.0 Å². The molecule has 1 saturated heterocycles. The number of fused-ring (bicyclic) bond motifs is 1. The van der Waals surface area contributed by atoms with E-state index in [0.717, 1.165) is 17.9 Å². The molecule has 0 aliphatic carbocycles. The summed E-state index contributed by atoms with van der Waals surface area (Å²) < 4.78 is 5.65. The van der Waals surface area contributed by atoms with Gasteiger partial charge in [-0.15, -0.1) is 0 Å². The van der Waals surface area contributed by atoms with Gasteiger partial charge in [-0.25, -0.2) is 0 Å². The summed E-state index contributed by atoms with van der Waals surface area (Å²) in [5.74, 6) is 0. The van der Waals surface area contributed by atoms with Gasteiger partial charge in [0.15, 0.2) is 0 Å². The molecule has 0 aromatic heterocycles. The molecule has 1 fully saturated rings. The zero-order valence-electron chi connectivity index (χ0n) is 10.0. The van der Waals surface area contributed by atoms with E-state index >= 15 is 0 Å². The Morgan fingerprint density at radius 3 is 2.94 bits per heavy atom. The van der Waals surface area contributed by atoms with Crippen molar-refractivity contribution in [2.75, 3.05) is 6.54 Å². The van der Waals surface area contributed by atoms with E-state index in [4.69, 9.17) is 10.3 Å². The van der Waals surface area contributed by atoms with Gasteiger partial charge in [0.2, 0.25) is 0 Å². The fourth-order valence-corrected chi connectivity index (χ4v) is 3.42. The summed E-state index contributed by atoms with van der Waals surface area (Å²) in [6.07, 6.45) is -0.871. The highest BCUT2D eigenvalue weighted by Gasteiger charge is 2.47. The molecule has 7 nitrogen and oxygen atoms in total. The van der Waals surface area contributed by atoms with Crippen molar-refractivity contribution in [2.45, 2.75) is 49.6 Å². The largest absolute Gasteiger partial charge is 0.388 e. The van der Waals surface area contributed by atoms with Gasteiger partial charge >= 0.3 is 0 Å². The Balaban J connectivity index is 2.06. The van der Waals surface area contributed by atoms with Crippen LogP contribution in [0.25, 0.3) is 10.4 Å². The summed E-state index contributed by atoms with van der Waals surface area (Å²) >= 11 is 1.48. The number of azide groups is 1. The van der Waals surface area contributed by atoms with Crippen molar-refractivity contribution in [3.8, 4) is 0 Å². The lowest BCUT2D eigenvalue weighted by atomic mass is 9.98. The number of ether oxygens (including phenoxy) is 1. The number of nitrogens with zero attached hydrogens (tertiary/aromatic N) is 4. The lowest BCUT2D eigenvalue weighted by molar-refractivity contribution is -0.148. The van der Waals surface area contributed by atoms with E-state index < -0.39 is 24.4 Å². The Hall–Kier alpha value is -0.790. The normalized spacial score (nSPS) is 38.8. The van der Waals surface area contributed by atoms with Crippen LogP contribution in [0.4, 0.5) is 0 Å². The molecule has 2 aliphatic heterocycles. The maximum absolute atomic E-state index is 10.0. The number of thioether (sulfide) groups is 1. The molecule has 5 atom stereocenters. The van der Waals surface area contributed by atoms with Crippen molar-refractivity contribution in [2.24, 2.45) is 10.1 Å². The van der Waals surface area contributed by atoms with Crippen LogP contribution in [-0.2, 0) is 4.74 Å². The average Bonchev–Trinajstić information content (AvgIpc) is 2.75.